The topological polar surface area (TPSA) is 61.4 Å². The Morgan fingerprint density at radius 1 is 1.44 bits per heavy atom. The van der Waals surface area contributed by atoms with E-state index < -0.39 is 0 Å². The van der Waals surface area contributed by atoms with Crippen LogP contribution < -0.4 is 10.6 Å². The summed E-state index contributed by atoms with van der Waals surface area (Å²) in [5, 5.41) is 5.91. The first-order chi connectivity index (χ1) is 7.70. The molecule has 0 aromatic carbocycles. The standard InChI is InChI=1S/C11H19N3O2/c1-12-10(15)5-7-14-6-4-9(11(14)16)13-8-2-3-8/h8-9,13H,2-7H2,1H3,(H,12,15). The van der Waals surface area contributed by atoms with E-state index in [-0.39, 0.29) is 17.9 Å². The molecule has 90 valence electrons. The zero-order valence-electron chi connectivity index (χ0n) is 9.66. The quantitative estimate of drug-likeness (QED) is 0.661. The van der Waals surface area contributed by atoms with Crippen molar-refractivity contribution < 1.29 is 9.59 Å². The van der Waals surface area contributed by atoms with Crippen molar-refractivity contribution >= 4 is 11.8 Å². The van der Waals surface area contributed by atoms with Gasteiger partial charge in [0.2, 0.25) is 11.8 Å². The van der Waals surface area contributed by atoms with Crippen molar-refractivity contribution in [3.63, 3.8) is 0 Å². The number of amides is 2. The van der Waals surface area contributed by atoms with Gasteiger partial charge in [0.05, 0.1) is 6.04 Å². The molecule has 0 spiro atoms. The molecule has 5 heteroatoms. The van der Waals surface area contributed by atoms with Gasteiger partial charge in [-0.15, -0.1) is 0 Å². The lowest BCUT2D eigenvalue weighted by atomic mass is 10.2. The molecule has 0 radical (unpaired) electrons. The highest BCUT2D eigenvalue weighted by Crippen LogP contribution is 2.22. The molecule has 5 nitrogen and oxygen atoms in total. The van der Waals surface area contributed by atoms with E-state index in [9.17, 15) is 9.59 Å². The van der Waals surface area contributed by atoms with Gasteiger partial charge < -0.3 is 15.5 Å². The number of rotatable bonds is 5. The molecule has 1 aliphatic heterocycles. The Hall–Kier alpha value is -1.10. The van der Waals surface area contributed by atoms with Crippen LogP contribution >= 0.6 is 0 Å². The van der Waals surface area contributed by atoms with Gasteiger partial charge in [-0.1, -0.05) is 0 Å². The van der Waals surface area contributed by atoms with Crippen molar-refractivity contribution in [2.24, 2.45) is 0 Å². The van der Waals surface area contributed by atoms with Gasteiger partial charge >= 0.3 is 0 Å². The smallest absolute Gasteiger partial charge is 0.239 e. The van der Waals surface area contributed by atoms with Crippen molar-refractivity contribution in [1.82, 2.24) is 15.5 Å². The second kappa shape index (κ2) is 4.82. The highest BCUT2D eigenvalue weighted by Gasteiger charge is 2.35. The monoisotopic (exact) mass is 225 g/mol. The fraction of sp³-hybridized carbons (Fsp3) is 0.818. The van der Waals surface area contributed by atoms with Crippen LogP contribution in [0, 0.1) is 0 Å². The molecule has 2 aliphatic rings. The third-order valence-electron chi connectivity index (χ3n) is 3.20. The summed E-state index contributed by atoms with van der Waals surface area (Å²) in [6.07, 6.45) is 3.67. The fourth-order valence-electron chi connectivity index (χ4n) is 2.01. The lowest BCUT2D eigenvalue weighted by Crippen LogP contribution is -2.40. The van der Waals surface area contributed by atoms with E-state index in [2.05, 4.69) is 10.6 Å². The molecular weight excluding hydrogens is 206 g/mol. The summed E-state index contributed by atoms with van der Waals surface area (Å²) in [6, 6.07) is 0.560. The molecule has 0 aromatic rings. The number of carbonyl (C=O) groups excluding carboxylic acids is 2. The number of nitrogens with zero attached hydrogens (tertiary/aromatic N) is 1. The maximum Gasteiger partial charge on any atom is 0.239 e. The third kappa shape index (κ3) is 2.72. The van der Waals surface area contributed by atoms with Crippen LogP contribution in [0.15, 0.2) is 0 Å². The number of carbonyl (C=O) groups is 2. The fourth-order valence-corrected chi connectivity index (χ4v) is 2.01. The van der Waals surface area contributed by atoms with Gasteiger partial charge in [-0.3, -0.25) is 9.59 Å². The summed E-state index contributed by atoms with van der Waals surface area (Å²) in [4.78, 5) is 24.8. The largest absolute Gasteiger partial charge is 0.359 e. The van der Waals surface area contributed by atoms with Gasteiger partial charge in [0.25, 0.3) is 0 Å². The van der Waals surface area contributed by atoms with E-state index in [1.54, 1.807) is 11.9 Å². The van der Waals surface area contributed by atoms with Crippen LogP contribution in [0.25, 0.3) is 0 Å². The number of nitrogens with one attached hydrogen (secondary N) is 2. The zero-order chi connectivity index (χ0) is 11.5. The summed E-state index contributed by atoms with van der Waals surface area (Å²) in [5.74, 6) is 0.155. The average molecular weight is 225 g/mol. The summed E-state index contributed by atoms with van der Waals surface area (Å²) in [6.45, 7) is 1.32. The maximum absolute atomic E-state index is 11.9. The molecular formula is C11H19N3O2. The molecule has 1 unspecified atom stereocenters. The summed E-state index contributed by atoms with van der Waals surface area (Å²) in [7, 11) is 1.62. The lowest BCUT2D eigenvalue weighted by molar-refractivity contribution is -0.130. The number of hydrogen-bond donors (Lipinski definition) is 2. The minimum Gasteiger partial charge on any atom is -0.359 e. The van der Waals surface area contributed by atoms with Crippen molar-refractivity contribution in [1.29, 1.82) is 0 Å². The Morgan fingerprint density at radius 3 is 2.81 bits per heavy atom. The van der Waals surface area contributed by atoms with Crippen LogP contribution in [0.4, 0.5) is 0 Å². The molecule has 1 atom stereocenters. The Morgan fingerprint density at radius 2 is 2.19 bits per heavy atom. The van der Waals surface area contributed by atoms with Crippen molar-refractivity contribution in [3.05, 3.63) is 0 Å². The predicted octanol–water partition coefficient (Wildman–Crippen LogP) is -0.525. The second-order valence-electron chi connectivity index (χ2n) is 4.53. The van der Waals surface area contributed by atoms with E-state index in [1.165, 1.54) is 12.8 Å². The first kappa shape index (κ1) is 11.4. The van der Waals surface area contributed by atoms with Gasteiger partial charge in [-0.05, 0) is 19.3 Å². The van der Waals surface area contributed by atoms with Crippen LogP contribution in [0.2, 0.25) is 0 Å². The van der Waals surface area contributed by atoms with Crippen LogP contribution in [-0.2, 0) is 9.59 Å². The van der Waals surface area contributed by atoms with E-state index in [0.29, 0.717) is 19.0 Å². The van der Waals surface area contributed by atoms with Crippen molar-refractivity contribution in [2.75, 3.05) is 20.1 Å². The summed E-state index contributed by atoms with van der Waals surface area (Å²) in [5.41, 5.74) is 0. The Bertz CT molecular complexity index is 289. The molecule has 1 heterocycles. The number of hydrogen-bond acceptors (Lipinski definition) is 3. The highest BCUT2D eigenvalue weighted by atomic mass is 16.2. The zero-order valence-corrected chi connectivity index (χ0v) is 9.66. The van der Waals surface area contributed by atoms with Crippen LogP contribution in [0.1, 0.15) is 25.7 Å². The van der Waals surface area contributed by atoms with E-state index in [4.69, 9.17) is 0 Å². The van der Waals surface area contributed by atoms with Crippen LogP contribution in [0.5, 0.6) is 0 Å². The van der Waals surface area contributed by atoms with Crippen molar-refractivity contribution in [2.45, 2.75) is 37.8 Å². The molecule has 2 N–H and O–H groups in total. The highest BCUT2D eigenvalue weighted by molar-refractivity contribution is 5.84. The van der Waals surface area contributed by atoms with Crippen molar-refractivity contribution in [3.8, 4) is 0 Å². The molecule has 1 aliphatic carbocycles. The molecule has 0 bridgehead atoms. The number of likely N-dealkylation sites (tertiary alicyclic amines) is 1. The first-order valence-electron chi connectivity index (χ1n) is 5.96. The van der Waals surface area contributed by atoms with Gasteiger partial charge in [-0.25, -0.2) is 0 Å². The van der Waals surface area contributed by atoms with E-state index >= 15 is 0 Å². The normalized spacial score (nSPS) is 24.9. The molecule has 2 rings (SSSR count). The Labute approximate surface area is 95.6 Å². The van der Waals surface area contributed by atoms with Gasteiger partial charge in [-0.2, -0.15) is 0 Å². The molecule has 16 heavy (non-hydrogen) atoms. The Balaban J connectivity index is 1.74. The molecule has 1 saturated heterocycles. The van der Waals surface area contributed by atoms with Gasteiger partial charge in [0.1, 0.15) is 0 Å². The minimum atomic E-state index is -0.00796. The second-order valence-corrected chi connectivity index (χ2v) is 4.53. The molecule has 1 saturated carbocycles. The van der Waals surface area contributed by atoms with Crippen LogP contribution in [-0.4, -0.2) is 48.9 Å². The van der Waals surface area contributed by atoms with E-state index in [0.717, 1.165) is 13.0 Å². The average Bonchev–Trinajstić information content (AvgIpc) is 3.03. The van der Waals surface area contributed by atoms with Crippen LogP contribution in [0.3, 0.4) is 0 Å². The van der Waals surface area contributed by atoms with Gasteiger partial charge in [0.15, 0.2) is 0 Å². The molecule has 2 fully saturated rings. The SMILES string of the molecule is CNC(=O)CCN1CCC(NC2CC2)C1=O. The molecule has 2 amide bonds. The third-order valence-corrected chi connectivity index (χ3v) is 3.20. The lowest BCUT2D eigenvalue weighted by Gasteiger charge is -2.16. The summed E-state index contributed by atoms with van der Waals surface area (Å²) >= 11 is 0. The van der Waals surface area contributed by atoms with Gasteiger partial charge in [0, 0.05) is 32.6 Å². The minimum absolute atomic E-state index is 0.00260. The molecule has 0 aromatic heterocycles. The first-order valence-corrected chi connectivity index (χ1v) is 5.96. The maximum atomic E-state index is 11.9. The predicted molar refractivity (Wildman–Crippen MR) is 59.8 cm³/mol. The van der Waals surface area contributed by atoms with E-state index in [1.807, 2.05) is 0 Å². The Kier molecular flexibility index (Phi) is 3.43. The summed E-state index contributed by atoms with van der Waals surface area (Å²) < 4.78 is 0.